The highest BCUT2D eigenvalue weighted by Crippen LogP contribution is 2.37. The highest BCUT2D eigenvalue weighted by atomic mass is 35.5. The normalized spacial score (nSPS) is 19.3. The van der Waals surface area contributed by atoms with Gasteiger partial charge in [-0.05, 0) is 55.0 Å². The molecule has 8 heteroatoms. The van der Waals surface area contributed by atoms with Crippen LogP contribution in [0.4, 0.5) is 5.69 Å². The molecule has 2 aliphatic heterocycles. The van der Waals surface area contributed by atoms with Gasteiger partial charge in [-0.3, -0.25) is 19.4 Å². The van der Waals surface area contributed by atoms with E-state index in [9.17, 15) is 9.59 Å². The van der Waals surface area contributed by atoms with Crippen LogP contribution in [-0.4, -0.2) is 53.8 Å². The Labute approximate surface area is 219 Å². The highest BCUT2D eigenvalue weighted by Gasteiger charge is 2.39. The number of imide groups is 1. The van der Waals surface area contributed by atoms with Gasteiger partial charge < -0.3 is 4.90 Å². The molecule has 1 saturated heterocycles. The van der Waals surface area contributed by atoms with Crippen molar-refractivity contribution in [1.29, 1.82) is 0 Å². The fraction of sp³-hybridized carbons (Fsp3) is 0.259. The lowest BCUT2D eigenvalue weighted by Crippen LogP contribution is -2.53. The van der Waals surface area contributed by atoms with Gasteiger partial charge in [0.25, 0.3) is 11.8 Å². The lowest BCUT2D eigenvalue weighted by molar-refractivity contribution is 0.0551. The van der Waals surface area contributed by atoms with Gasteiger partial charge in [-0.25, -0.2) is 0 Å². The number of halogens is 3. The van der Waals surface area contributed by atoms with Gasteiger partial charge in [-0.1, -0.05) is 59.1 Å². The second-order valence-electron chi connectivity index (χ2n) is 8.99. The number of hydrogen-bond donors (Lipinski definition) is 0. The molecule has 0 spiro atoms. The van der Waals surface area contributed by atoms with Crippen LogP contribution in [0.1, 0.15) is 39.2 Å². The number of hydrogen-bond acceptors (Lipinski definition) is 4. The third-order valence-corrected chi connectivity index (χ3v) is 7.52. The first kappa shape index (κ1) is 24.1. The fourth-order valence-corrected chi connectivity index (χ4v) is 5.68. The van der Waals surface area contributed by atoms with Gasteiger partial charge in [0.05, 0.1) is 33.9 Å². The lowest BCUT2D eigenvalue weighted by Gasteiger charge is -2.44. The lowest BCUT2D eigenvalue weighted by atomic mass is 10.0. The third-order valence-electron chi connectivity index (χ3n) is 6.73. The number of rotatable bonds is 5. The Morgan fingerprint density at radius 1 is 0.857 bits per heavy atom. The highest BCUT2D eigenvalue weighted by molar-refractivity contribution is 6.36. The minimum Gasteiger partial charge on any atom is -0.361 e. The molecule has 0 bridgehead atoms. The van der Waals surface area contributed by atoms with E-state index in [2.05, 4.69) is 9.80 Å². The molecule has 0 aliphatic carbocycles. The molecule has 2 atom stereocenters. The molecule has 0 unspecified atom stereocenters. The second-order valence-corrected chi connectivity index (χ2v) is 10.3. The summed E-state index contributed by atoms with van der Waals surface area (Å²) in [7, 11) is 0. The van der Waals surface area contributed by atoms with Crippen molar-refractivity contribution in [2.45, 2.75) is 19.0 Å². The number of piperazine rings is 1. The summed E-state index contributed by atoms with van der Waals surface area (Å²) < 4.78 is 0. The first-order valence-electron chi connectivity index (χ1n) is 11.5. The summed E-state index contributed by atoms with van der Waals surface area (Å²) in [5.74, 6) is -0.446. The fourth-order valence-electron chi connectivity index (χ4n) is 5.04. The Balaban J connectivity index is 1.38. The quantitative estimate of drug-likeness (QED) is 0.370. The van der Waals surface area contributed by atoms with Crippen molar-refractivity contribution in [2.75, 3.05) is 31.1 Å². The molecule has 0 aromatic heterocycles. The predicted octanol–water partition coefficient (Wildman–Crippen LogP) is 6.19. The van der Waals surface area contributed by atoms with Gasteiger partial charge in [0, 0.05) is 36.2 Å². The maximum atomic E-state index is 13.0. The van der Waals surface area contributed by atoms with E-state index in [0.29, 0.717) is 39.3 Å². The SMILES string of the molecule is C[C@H](CN1CCN(c2ccc(Cl)cc2Cl)[C@H](c2ccc(Cl)cc2)C1)N1C(=O)c2ccccc2C1=O. The first-order valence-corrected chi connectivity index (χ1v) is 12.6. The summed E-state index contributed by atoms with van der Waals surface area (Å²) in [5, 5.41) is 1.87. The van der Waals surface area contributed by atoms with Crippen molar-refractivity contribution in [3.63, 3.8) is 0 Å². The van der Waals surface area contributed by atoms with Gasteiger partial charge in [0.2, 0.25) is 0 Å². The molecule has 3 aromatic carbocycles. The van der Waals surface area contributed by atoms with Crippen LogP contribution in [0.25, 0.3) is 0 Å². The first-order chi connectivity index (χ1) is 16.8. The van der Waals surface area contributed by atoms with E-state index in [1.165, 1.54) is 4.90 Å². The third kappa shape index (κ3) is 4.66. The topological polar surface area (TPSA) is 43.9 Å². The van der Waals surface area contributed by atoms with Crippen LogP contribution in [0.5, 0.6) is 0 Å². The van der Waals surface area contributed by atoms with E-state index in [0.717, 1.165) is 24.3 Å². The summed E-state index contributed by atoms with van der Waals surface area (Å²) in [6, 6.07) is 20.1. The van der Waals surface area contributed by atoms with Crippen molar-refractivity contribution in [2.24, 2.45) is 0 Å². The van der Waals surface area contributed by atoms with E-state index in [-0.39, 0.29) is 23.9 Å². The van der Waals surface area contributed by atoms with E-state index in [4.69, 9.17) is 34.8 Å². The molecule has 0 saturated carbocycles. The Morgan fingerprint density at radius 2 is 1.49 bits per heavy atom. The average Bonchev–Trinajstić information content (AvgIpc) is 3.10. The van der Waals surface area contributed by atoms with Gasteiger partial charge in [-0.2, -0.15) is 0 Å². The number of amides is 2. The zero-order valence-corrected chi connectivity index (χ0v) is 21.4. The molecule has 180 valence electrons. The molecule has 2 aliphatic rings. The van der Waals surface area contributed by atoms with Crippen molar-refractivity contribution in [3.05, 3.63) is 98.5 Å². The molecule has 2 amide bonds. The van der Waals surface area contributed by atoms with Crippen molar-refractivity contribution in [3.8, 4) is 0 Å². The standard InChI is InChI=1S/C27H24Cl3N3O2/c1-17(33-26(34)21-4-2-3-5-22(21)27(33)35)15-31-12-13-32(24-11-10-20(29)14-23(24)30)25(16-31)18-6-8-19(28)9-7-18/h2-11,14,17,25H,12-13,15-16H2,1H3/t17-,25+/m1/s1. The summed E-state index contributed by atoms with van der Waals surface area (Å²) >= 11 is 18.9. The van der Waals surface area contributed by atoms with Crippen LogP contribution in [0.2, 0.25) is 15.1 Å². The van der Waals surface area contributed by atoms with E-state index in [1.54, 1.807) is 30.3 Å². The minimum atomic E-state index is -0.265. The molecule has 5 rings (SSSR count). The summed E-state index contributed by atoms with van der Waals surface area (Å²) in [4.78, 5) is 31.9. The Hall–Kier alpha value is -2.57. The number of carbonyl (C=O) groups is 2. The molecular weight excluding hydrogens is 505 g/mol. The van der Waals surface area contributed by atoms with Crippen molar-refractivity contribution in [1.82, 2.24) is 9.80 Å². The molecule has 0 radical (unpaired) electrons. The number of nitrogens with zero attached hydrogens (tertiary/aromatic N) is 3. The van der Waals surface area contributed by atoms with Crippen LogP contribution >= 0.6 is 34.8 Å². The smallest absolute Gasteiger partial charge is 0.261 e. The number of carbonyl (C=O) groups excluding carboxylic acids is 2. The summed E-state index contributed by atoms with van der Waals surface area (Å²) in [5.41, 5.74) is 2.98. The van der Waals surface area contributed by atoms with Crippen LogP contribution in [-0.2, 0) is 0 Å². The number of fused-ring (bicyclic) bond motifs is 1. The molecular formula is C27H24Cl3N3O2. The van der Waals surface area contributed by atoms with Crippen LogP contribution < -0.4 is 4.90 Å². The Bertz CT molecular complexity index is 1250. The van der Waals surface area contributed by atoms with Gasteiger partial charge in [0.15, 0.2) is 0 Å². The van der Waals surface area contributed by atoms with E-state index >= 15 is 0 Å². The van der Waals surface area contributed by atoms with Crippen LogP contribution in [0, 0.1) is 0 Å². The van der Waals surface area contributed by atoms with Crippen molar-refractivity contribution < 1.29 is 9.59 Å². The second kappa shape index (κ2) is 9.82. The maximum Gasteiger partial charge on any atom is 0.261 e. The van der Waals surface area contributed by atoms with Crippen LogP contribution in [0.3, 0.4) is 0 Å². The zero-order chi connectivity index (χ0) is 24.7. The molecule has 5 nitrogen and oxygen atoms in total. The van der Waals surface area contributed by atoms with Gasteiger partial charge in [0.1, 0.15) is 0 Å². The maximum absolute atomic E-state index is 13.0. The van der Waals surface area contributed by atoms with Crippen LogP contribution in [0.15, 0.2) is 66.7 Å². The molecule has 35 heavy (non-hydrogen) atoms. The molecule has 1 fully saturated rings. The van der Waals surface area contributed by atoms with E-state index < -0.39 is 0 Å². The summed E-state index contributed by atoms with van der Waals surface area (Å²) in [6.07, 6.45) is 0. The van der Waals surface area contributed by atoms with E-state index in [1.807, 2.05) is 43.3 Å². The number of benzene rings is 3. The van der Waals surface area contributed by atoms with Crippen molar-refractivity contribution >= 4 is 52.3 Å². The van der Waals surface area contributed by atoms with Gasteiger partial charge >= 0.3 is 0 Å². The largest absolute Gasteiger partial charge is 0.361 e. The Morgan fingerprint density at radius 3 is 2.11 bits per heavy atom. The van der Waals surface area contributed by atoms with Gasteiger partial charge in [-0.15, -0.1) is 0 Å². The zero-order valence-electron chi connectivity index (χ0n) is 19.1. The predicted molar refractivity (Wildman–Crippen MR) is 141 cm³/mol. The Kier molecular flexibility index (Phi) is 6.78. The molecule has 0 N–H and O–H groups in total. The molecule has 3 aromatic rings. The number of anilines is 1. The monoisotopic (exact) mass is 527 g/mol. The average molecular weight is 529 g/mol. The molecule has 2 heterocycles. The summed E-state index contributed by atoms with van der Waals surface area (Å²) in [6.45, 7) is 4.70. The minimum absolute atomic E-state index is 0.00840.